The van der Waals surface area contributed by atoms with Crippen LogP contribution in [0.25, 0.3) is 0 Å². The summed E-state index contributed by atoms with van der Waals surface area (Å²) in [5, 5.41) is 0.511. The van der Waals surface area contributed by atoms with Crippen molar-refractivity contribution in [1.29, 1.82) is 0 Å². The molecule has 0 fully saturated rings. The molecule has 1 aromatic rings. The molecule has 13 heavy (non-hydrogen) atoms. The molecule has 0 aliphatic rings. The van der Waals surface area contributed by atoms with Gasteiger partial charge in [0.1, 0.15) is 5.78 Å². The lowest BCUT2D eigenvalue weighted by Gasteiger charge is -1.90. The molecule has 0 aliphatic carbocycles. The first kappa shape index (κ1) is 10.9. The summed E-state index contributed by atoms with van der Waals surface area (Å²) in [5.74, 6) is -0.309. The third kappa shape index (κ3) is 2.90. The molecule has 1 aromatic heterocycles. The molecule has 0 saturated carbocycles. The molecule has 0 aliphatic heterocycles. The number of ketones is 2. The average Bonchev–Trinajstić information content (AvgIpc) is 2.31. The van der Waals surface area contributed by atoms with Crippen molar-refractivity contribution < 1.29 is 9.59 Å². The van der Waals surface area contributed by atoms with Gasteiger partial charge >= 0.3 is 0 Å². The molecule has 1 rings (SSSR count). The first-order chi connectivity index (χ1) is 6.00. The number of carbonyl (C=O) groups excluding carboxylic acids is 2. The zero-order chi connectivity index (χ0) is 10.0. The van der Waals surface area contributed by atoms with Crippen LogP contribution in [0.1, 0.15) is 23.0 Å². The monoisotopic (exact) mass is 280 g/mol. The third-order valence-corrected chi connectivity index (χ3v) is 3.85. The van der Waals surface area contributed by atoms with Crippen molar-refractivity contribution in [2.24, 2.45) is 0 Å². The molecule has 1 heterocycles. The Morgan fingerprint density at radius 3 is 2.62 bits per heavy atom. The van der Waals surface area contributed by atoms with Crippen LogP contribution >= 0.6 is 38.9 Å². The molecule has 0 bridgehead atoms. The molecule has 0 aromatic carbocycles. The van der Waals surface area contributed by atoms with Gasteiger partial charge in [0.05, 0.1) is 20.1 Å². The minimum absolute atomic E-state index is 0.0523. The van der Waals surface area contributed by atoms with Crippen LogP contribution in [0, 0.1) is 0 Å². The summed E-state index contributed by atoms with van der Waals surface area (Å²) >= 11 is 10.2. The molecular formula is C8H6BrClO2S. The van der Waals surface area contributed by atoms with E-state index in [0.717, 1.165) is 3.79 Å². The maximum Gasteiger partial charge on any atom is 0.180 e. The summed E-state index contributed by atoms with van der Waals surface area (Å²) in [5.41, 5.74) is 0. The van der Waals surface area contributed by atoms with Gasteiger partial charge in [-0.1, -0.05) is 11.6 Å². The number of carbonyl (C=O) groups is 2. The zero-order valence-corrected chi connectivity index (χ0v) is 9.92. The van der Waals surface area contributed by atoms with Gasteiger partial charge < -0.3 is 0 Å². The van der Waals surface area contributed by atoms with Crippen LogP contribution in [0.5, 0.6) is 0 Å². The summed E-state index contributed by atoms with van der Waals surface area (Å²) in [4.78, 5) is 22.5. The second kappa shape index (κ2) is 4.35. The third-order valence-electron chi connectivity index (χ3n) is 1.33. The van der Waals surface area contributed by atoms with Crippen molar-refractivity contribution in [2.45, 2.75) is 13.3 Å². The zero-order valence-electron chi connectivity index (χ0n) is 6.77. The van der Waals surface area contributed by atoms with Crippen LogP contribution in [-0.4, -0.2) is 11.6 Å². The van der Waals surface area contributed by atoms with E-state index in [4.69, 9.17) is 11.6 Å². The van der Waals surface area contributed by atoms with E-state index < -0.39 is 0 Å². The van der Waals surface area contributed by atoms with Crippen molar-refractivity contribution >= 4 is 50.4 Å². The molecule has 2 nitrogen and oxygen atoms in total. The van der Waals surface area contributed by atoms with Crippen LogP contribution in [-0.2, 0) is 4.79 Å². The van der Waals surface area contributed by atoms with Gasteiger partial charge in [-0.05, 0) is 28.9 Å². The Kier molecular flexibility index (Phi) is 3.64. The first-order valence-electron chi connectivity index (χ1n) is 3.48. The van der Waals surface area contributed by atoms with E-state index in [9.17, 15) is 9.59 Å². The smallest absolute Gasteiger partial charge is 0.180 e. The maximum atomic E-state index is 11.3. The van der Waals surface area contributed by atoms with Gasteiger partial charge in [-0.15, -0.1) is 11.3 Å². The van der Waals surface area contributed by atoms with E-state index in [1.54, 1.807) is 6.07 Å². The van der Waals surface area contributed by atoms with Crippen molar-refractivity contribution in [2.75, 3.05) is 0 Å². The average molecular weight is 282 g/mol. The van der Waals surface area contributed by atoms with Gasteiger partial charge in [-0.3, -0.25) is 9.59 Å². The fourth-order valence-electron chi connectivity index (χ4n) is 0.797. The minimum atomic E-state index is -0.176. The van der Waals surface area contributed by atoms with Crippen LogP contribution < -0.4 is 0 Å². The Bertz CT molecular complexity index is 340. The number of Topliss-reactive ketones (excluding diaryl/α,β-unsaturated/α-hetero) is 2. The van der Waals surface area contributed by atoms with Crippen LogP contribution in [0.3, 0.4) is 0 Å². The highest BCUT2D eigenvalue weighted by Crippen LogP contribution is 2.32. The number of thiophene rings is 1. The van der Waals surface area contributed by atoms with Gasteiger partial charge in [0.25, 0.3) is 0 Å². The van der Waals surface area contributed by atoms with Crippen molar-refractivity contribution in [3.05, 3.63) is 19.8 Å². The first-order valence-corrected chi connectivity index (χ1v) is 5.47. The minimum Gasteiger partial charge on any atom is -0.300 e. The molecule has 0 spiro atoms. The van der Waals surface area contributed by atoms with Crippen molar-refractivity contribution in [3.63, 3.8) is 0 Å². The second-order valence-corrected chi connectivity index (χ2v) is 5.31. The predicted octanol–water partition coefficient (Wildman–Crippen LogP) is 3.33. The fraction of sp³-hybridized carbons (Fsp3) is 0.250. The lowest BCUT2D eigenvalue weighted by Crippen LogP contribution is -2.02. The maximum absolute atomic E-state index is 11.3. The van der Waals surface area contributed by atoms with Gasteiger partial charge in [-0.25, -0.2) is 0 Å². The Morgan fingerprint density at radius 2 is 2.23 bits per heavy atom. The molecule has 5 heteroatoms. The normalized spacial score (nSPS) is 10.1. The SMILES string of the molecule is CC(=O)CC(=O)c1cc(Cl)c(Br)s1. The van der Waals surface area contributed by atoms with Crippen LogP contribution in [0.2, 0.25) is 5.02 Å². The molecule has 0 atom stereocenters. The Labute approximate surface area is 93.0 Å². The molecule has 0 unspecified atom stereocenters. The van der Waals surface area contributed by atoms with Crippen LogP contribution in [0.15, 0.2) is 9.85 Å². The second-order valence-electron chi connectivity index (χ2n) is 2.53. The number of hydrogen-bond acceptors (Lipinski definition) is 3. The summed E-state index contributed by atoms with van der Waals surface area (Å²) < 4.78 is 0.723. The van der Waals surface area contributed by atoms with E-state index in [1.165, 1.54) is 18.3 Å². The van der Waals surface area contributed by atoms with E-state index in [0.29, 0.717) is 9.90 Å². The molecule has 0 radical (unpaired) electrons. The Morgan fingerprint density at radius 1 is 1.62 bits per heavy atom. The Hall–Kier alpha value is -0.190. The summed E-state index contributed by atoms with van der Waals surface area (Å²) in [6, 6.07) is 1.57. The van der Waals surface area contributed by atoms with Gasteiger partial charge in [0.2, 0.25) is 0 Å². The quantitative estimate of drug-likeness (QED) is 0.629. The lowest BCUT2D eigenvalue weighted by molar-refractivity contribution is -0.116. The highest BCUT2D eigenvalue weighted by Gasteiger charge is 2.13. The highest BCUT2D eigenvalue weighted by atomic mass is 79.9. The molecule has 0 amide bonds. The number of hydrogen-bond donors (Lipinski definition) is 0. The largest absolute Gasteiger partial charge is 0.300 e. The van der Waals surface area contributed by atoms with Crippen molar-refractivity contribution in [3.8, 4) is 0 Å². The number of rotatable bonds is 3. The molecule has 70 valence electrons. The lowest BCUT2D eigenvalue weighted by atomic mass is 10.2. The van der Waals surface area contributed by atoms with E-state index in [2.05, 4.69) is 15.9 Å². The fourth-order valence-corrected chi connectivity index (χ4v) is 2.44. The van der Waals surface area contributed by atoms with Crippen LogP contribution in [0.4, 0.5) is 0 Å². The van der Waals surface area contributed by atoms with Gasteiger partial charge in [0, 0.05) is 0 Å². The molecular weight excluding hydrogens is 276 g/mol. The van der Waals surface area contributed by atoms with E-state index >= 15 is 0 Å². The summed E-state index contributed by atoms with van der Waals surface area (Å²) in [6.45, 7) is 1.39. The van der Waals surface area contributed by atoms with Gasteiger partial charge in [-0.2, -0.15) is 0 Å². The topological polar surface area (TPSA) is 34.1 Å². The van der Waals surface area contributed by atoms with E-state index in [1.807, 2.05) is 0 Å². The summed E-state index contributed by atoms with van der Waals surface area (Å²) in [6.07, 6.45) is -0.0523. The Balaban J connectivity index is 2.83. The molecule has 0 saturated heterocycles. The van der Waals surface area contributed by atoms with Gasteiger partial charge in [0.15, 0.2) is 5.78 Å². The standard InChI is InChI=1S/C8H6BrClO2S/c1-4(11)2-6(12)7-3-5(10)8(9)13-7/h3H,2H2,1H3. The molecule has 0 N–H and O–H groups in total. The predicted molar refractivity (Wildman–Crippen MR) is 56.7 cm³/mol. The van der Waals surface area contributed by atoms with Crippen molar-refractivity contribution in [1.82, 2.24) is 0 Å². The highest BCUT2D eigenvalue weighted by molar-refractivity contribution is 9.11. The number of halogens is 2. The summed E-state index contributed by atoms with van der Waals surface area (Å²) in [7, 11) is 0. The van der Waals surface area contributed by atoms with E-state index in [-0.39, 0.29) is 18.0 Å².